The summed E-state index contributed by atoms with van der Waals surface area (Å²) in [7, 11) is 2.06. The van der Waals surface area contributed by atoms with Crippen LogP contribution in [0.3, 0.4) is 0 Å². The summed E-state index contributed by atoms with van der Waals surface area (Å²) in [6.07, 6.45) is 10.5. The summed E-state index contributed by atoms with van der Waals surface area (Å²) in [5.74, 6) is 0. The number of pyridine rings is 1. The van der Waals surface area contributed by atoms with Crippen LogP contribution in [0.5, 0.6) is 0 Å². The van der Waals surface area contributed by atoms with Crippen LogP contribution < -0.4 is 9.47 Å². The third-order valence-electron chi connectivity index (χ3n) is 4.44. The van der Waals surface area contributed by atoms with E-state index in [-0.39, 0.29) is 5.54 Å². The number of fused-ring (bicyclic) bond motifs is 1. The molecule has 3 aromatic rings. The molecule has 2 heteroatoms. The minimum absolute atomic E-state index is 0.00971. The van der Waals surface area contributed by atoms with Crippen molar-refractivity contribution in [3.8, 4) is 0 Å². The molecule has 0 bridgehead atoms. The molecule has 0 fully saturated rings. The van der Waals surface area contributed by atoms with Gasteiger partial charge >= 0.3 is 0 Å². The maximum absolute atomic E-state index is 2.31. The highest BCUT2D eigenvalue weighted by atomic mass is 15.2. The summed E-state index contributed by atoms with van der Waals surface area (Å²) < 4.78 is 2.11. The normalized spacial score (nSPS) is 12.3. The summed E-state index contributed by atoms with van der Waals surface area (Å²) in [6.45, 7) is 6.69. The first kappa shape index (κ1) is 17.9. The Balaban J connectivity index is 1.87. The van der Waals surface area contributed by atoms with Gasteiger partial charge in [0.15, 0.2) is 6.20 Å². The number of anilines is 1. The average Bonchev–Trinajstić information content (AvgIpc) is 2.61. The molecular formula is C24H27N2+. The van der Waals surface area contributed by atoms with Crippen LogP contribution in [0.25, 0.3) is 16.8 Å². The second-order valence-corrected chi connectivity index (χ2v) is 7.51. The fourth-order valence-corrected chi connectivity index (χ4v) is 3.02. The Morgan fingerprint density at radius 3 is 2.31 bits per heavy atom. The van der Waals surface area contributed by atoms with E-state index in [0.29, 0.717) is 0 Å². The Kier molecular flexibility index (Phi) is 5.22. The number of aryl methyl sites for hydroxylation is 1. The predicted octanol–water partition coefficient (Wildman–Crippen LogP) is 5.50. The molecule has 132 valence electrons. The number of hydrogen-bond donors (Lipinski definition) is 0. The fraction of sp³-hybridized carbons (Fsp3) is 0.208. The van der Waals surface area contributed by atoms with Gasteiger partial charge in [-0.1, -0.05) is 36.4 Å². The van der Waals surface area contributed by atoms with Crippen LogP contribution in [-0.4, -0.2) is 5.54 Å². The molecule has 0 radical (unpaired) electrons. The molecule has 0 amide bonds. The smallest absolute Gasteiger partial charge is 0.204 e. The van der Waals surface area contributed by atoms with Crippen molar-refractivity contribution < 1.29 is 4.57 Å². The lowest BCUT2D eigenvalue weighted by Crippen LogP contribution is -2.37. The van der Waals surface area contributed by atoms with Gasteiger partial charge in [0.05, 0.1) is 0 Å². The van der Waals surface area contributed by atoms with Gasteiger partial charge in [0.1, 0.15) is 7.05 Å². The molecule has 0 aliphatic heterocycles. The molecule has 2 aromatic carbocycles. The van der Waals surface area contributed by atoms with Crippen molar-refractivity contribution in [1.82, 2.24) is 0 Å². The number of aromatic nitrogens is 1. The molecule has 0 aliphatic rings. The standard InChI is InChI=1S/C24H27N2/c1-24(2,3)26(18-10-8-14-22-13-7-9-17-25(22)4)23-16-15-20-11-5-6-12-21(20)19-23/h5-19H,1-4H3/q+1. The Labute approximate surface area is 156 Å². The molecule has 0 saturated heterocycles. The number of nitrogens with zero attached hydrogens (tertiary/aromatic N) is 2. The number of allylic oxidation sites excluding steroid dienone is 2. The molecule has 0 atom stereocenters. The van der Waals surface area contributed by atoms with Crippen LogP contribution in [0.2, 0.25) is 0 Å². The highest BCUT2D eigenvalue weighted by molar-refractivity contribution is 5.86. The third-order valence-corrected chi connectivity index (χ3v) is 4.44. The van der Waals surface area contributed by atoms with Crippen molar-refractivity contribution in [2.24, 2.45) is 7.05 Å². The van der Waals surface area contributed by atoms with E-state index < -0.39 is 0 Å². The van der Waals surface area contributed by atoms with Crippen molar-refractivity contribution >= 4 is 22.5 Å². The van der Waals surface area contributed by atoms with Gasteiger partial charge in [0.2, 0.25) is 5.69 Å². The van der Waals surface area contributed by atoms with Crippen molar-refractivity contribution in [2.45, 2.75) is 26.3 Å². The van der Waals surface area contributed by atoms with E-state index in [1.54, 1.807) is 0 Å². The number of benzene rings is 2. The molecular weight excluding hydrogens is 316 g/mol. The third kappa shape index (κ3) is 4.20. The molecule has 26 heavy (non-hydrogen) atoms. The van der Waals surface area contributed by atoms with Crippen molar-refractivity contribution in [2.75, 3.05) is 4.90 Å². The van der Waals surface area contributed by atoms with E-state index in [4.69, 9.17) is 0 Å². The lowest BCUT2D eigenvalue weighted by molar-refractivity contribution is -0.673. The van der Waals surface area contributed by atoms with Crippen LogP contribution in [0, 0.1) is 0 Å². The Bertz CT molecular complexity index is 946. The first-order chi connectivity index (χ1) is 12.4. The molecule has 0 aliphatic carbocycles. The zero-order valence-electron chi connectivity index (χ0n) is 16.1. The summed E-state index contributed by atoms with van der Waals surface area (Å²) in [5, 5.41) is 2.53. The second-order valence-electron chi connectivity index (χ2n) is 7.51. The summed E-state index contributed by atoms with van der Waals surface area (Å²) in [6, 6.07) is 21.3. The van der Waals surface area contributed by atoms with Crippen LogP contribution >= 0.6 is 0 Å². The highest BCUT2D eigenvalue weighted by Crippen LogP contribution is 2.28. The Morgan fingerprint density at radius 2 is 1.58 bits per heavy atom. The van der Waals surface area contributed by atoms with Gasteiger partial charge in [-0.3, -0.25) is 0 Å². The van der Waals surface area contributed by atoms with Crippen LogP contribution in [0.1, 0.15) is 26.5 Å². The molecule has 0 spiro atoms. The topological polar surface area (TPSA) is 7.12 Å². The second kappa shape index (κ2) is 7.57. The average molecular weight is 343 g/mol. The minimum atomic E-state index is -0.00971. The summed E-state index contributed by atoms with van der Waals surface area (Å²) >= 11 is 0. The van der Waals surface area contributed by atoms with Crippen molar-refractivity contribution in [3.63, 3.8) is 0 Å². The predicted molar refractivity (Wildman–Crippen MR) is 112 cm³/mol. The van der Waals surface area contributed by atoms with E-state index >= 15 is 0 Å². The van der Waals surface area contributed by atoms with Crippen molar-refractivity contribution in [3.05, 3.63) is 90.9 Å². The maximum atomic E-state index is 2.31. The highest BCUT2D eigenvalue weighted by Gasteiger charge is 2.19. The summed E-state index contributed by atoms with van der Waals surface area (Å²) in [4.78, 5) is 2.31. The van der Waals surface area contributed by atoms with Crippen LogP contribution in [-0.2, 0) is 7.05 Å². The lowest BCUT2D eigenvalue weighted by Gasteiger charge is -2.35. The van der Waals surface area contributed by atoms with Gasteiger partial charge in [-0.15, -0.1) is 0 Å². The maximum Gasteiger partial charge on any atom is 0.204 e. The van der Waals surface area contributed by atoms with Gasteiger partial charge in [0, 0.05) is 35.6 Å². The van der Waals surface area contributed by atoms with E-state index in [2.05, 4.69) is 123 Å². The molecule has 0 unspecified atom stereocenters. The van der Waals surface area contributed by atoms with E-state index in [1.807, 2.05) is 6.07 Å². The van der Waals surface area contributed by atoms with E-state index in [9.17, 15) is 0 Å². The van der Waals surface area contributed by atoms with Gasteiger partial charge < -0.3 is 4.90 Å². The Morgan fingerprint density at radius 1 is 0.846 bits per heavy atom. The summed E-state index contributed by atoms with van der Waals surface area (Å²) in [5.41, 5.74) is 2.36. The molecule has 2 nitrogen and oxygen atoms in total. The quantitative estimate of drug-likeness (QED) is 0.448. The first-order valence-electron chi connectivity index (χ1n) is 9.03. The van der Waals surface area contributed by atoms with Crippen LogP contribution in [0.4, 0.5) is 5.69 Å². The largest absolute Gasteiger partial charge is 0.343 e. The molecule has 0 N–H and O–H groups in total. The number of hydrogen-bond acceptors (Lipinski definition) is 1. The van der Waals surface area contributed by atoms with Gasteiger partial charge in [-0.05, 0) is 55.8 Å². The van der Waals surface area contributed by atoms with Crippen molar-refractivity contribution in [1.29, 1.82) is 0 Å². The molecule has 1 heterocycles. The lowest BCUT2D eigenvalue weighted by atomic mass is 10.0. The minimum Gasteiger partial charge on any atom is -0.343 e. The van der Waals surface area contributed by atoms with Gasteiger partial charge in [0.25, 0.3) is 0 Å². The number of rotatable bonds is 4. The first-order valence-corrected chi connectivity index (χ1v) is 9.03. The van der Waals surface area contributed by atoms with Gasteiger partial charge in [-0.25, -0.2) is 4.57 Å². The Hall–Kier alpha value is -2.87. The van der Waals surface area contributed by atoms with E-state index in [1.165, 1.54) is 22.2 Å². The van der Waals surface area contributed by atoms with Gasteiger partial charge in [-0.2, -0.15) is 0 Å². The van der Waals surface area contributed by atoms with Crippen LogP contribution in [0.15, 0.2) is 85.2 Å². The van der Waals surface area contributed by atoms with E-state index in [0.717, 1.165) is 0 Å². The fourth-order valence-electron chi connectivity index (χ4n) is 3.02. The molecule has 0 saturated carbocycles. The molecule has 3 rings (SSSR count). The monoisotopic (exact) mass is 343 g/mol. The molecule has 1 aromatic heterocycles. The zero-order chi connectivity index (χ0) is 18.6. The SMILES string of the molecule is C[n+]1ccccc1/C=C/C=CN(c1ccc2ccccc2c1)C(C)(C)C. The zero-order valence-corrected chi connectivity index (χ0v) is 16.1.